The molecule has 2 aromatic carbocycles. The molecule has 0 bridgehead atoms. The van der Waals surface area contributed by atoms with Crippen LogP contribution in [0.5, 0.6) is 17.2 Å². The van der Waals surface area contributed by atoms with Crippen molar-refractivity contribution in [3.63, 3.8) is 0 Å². The Balaban J connectivity index is 2.49. The number of ether oxygens (including phenoxy) is 3. The molecule has 0 radical (unpaired) electrons. The fourth-order valence-corrected chi connectivity index (χ4v) is 2.13. The number of rotatable bonds is 5. The van der Waals surface area contributed by atoms with E-state index in [1.54, 1.807) is 39.5 Å². The van der Waals surface area contributed by atoms with Crippen LogP contribution in [0.2, 0.25) is 0 Å². The summed E-state index contributed by atoms with van der Waals surface area (Å²) in [6, 6.07) is 12.7. The summed E-state index contributed by atoms with van der Waals surface area (Å²) in [5, 5.41) is 10.6. The van der Waals surface area contributed by atoms with Crippen LogP contribution >= 0.6 is 0 Å². The quantitative estimate of drug-likeness (QED) is 0.910. The van der Waals surface area contributed by atoms with Gasteiger partial charge in [0.2, 0.25) is 0 Å². The van der Waals surface area contributed by atoms with E-state index in [1.807, 2.05) is 24.3 Å². The van der Waals surface area contributed by atoms with E-state index in [-0.39, 0.29) is 0 Å². The molecule has 106 valence electrons. The van der Waals surface area contributed by atoms with Crippen molar-refractivity contribution in [1.82, 2.24) is 0 Å². The molecule has 0 aromatic heterocycles. The van der Waals surface area contributed by atoms with Crippen molar-refractivity contribution in [2.75, 3.05) is 21.3 Å². The molecule has 20 heavy (non-hydrogen) atoms. The molecule has 4 nitrogen and oxygen atoms in total. The predicted octanol–water partition coefficient (Wildman–Crippen LogP) is 2.79. The zero-order chi connectivity index (χ0) is 14.5. The summed E-state index contributed by atoms with van der Waals surface area (Å²) in [7, 11) is 4.72. The predicted molar refractivity (Wildman–Crippen MR) is 76.6 cm³/mol. The summed E-state index contributed by atoms with van der Waals surface area (Å²) in [4.78, 5) is 0. The topological polar surface area (TPSA) is 47.9 Å². The molecule has 0 aliphatic carbocycles. The first-order valence-electron chi connectivity index (χ1n) is 6.24. The van der Waals surface area contributed by atoms with Gasteiger partial charge in [-0.1, -0.05) is 18.2 Å². The maximum absolute atomic E-state index is 10.6. The Morgan fingerprint density at radius 3 is 2.00 bits per heavy atom. The number of methoxy groups -OCH3 is 3. The first-order valence-corrected chi connectivity index (χ1v) is 6.24. The summed E-state index contributed by atoms with van der Waals surface area (Å²) in [5.41, 5.74) is 1.32. The van der Waals surface area contributed by atoms with E-state index in [9.17, 15) is 5.11 Å². The molecule has 1 unspecified atom stereocenters. The second-order valence-electron chi connectivity index (χ2n) is 4.26. The Labute approximate surface area is 118 Å². The van der Waals surface area contributed by atoms with Gasteiger partial charge in [0.05, 0.1) is 26.9 Å². The molecule has 0 aliphatic rings. The van der Waals surface area contributed by atoms with Crippen molar-refractivity contribution in [3.05, 3.63) is 53.6 Å². The largest absolute Gasteiger partial charge is 0.497 e. The van der Waals surface area contributed by atoms with Crippen molar-refractivity contribution in [3.8, 4) is 17.2 Å². The van der Waals surface area contributed by atoms with E-state index in [0.717, 1.165) is 0 Å². The van der Waals surface area contributed by atoms with Crippen molar-refractivity contribution < 1.29 is 19.3 Å². The maximum Gasteiger partial charge on any atom is 0.128 e. The van der Waals surface area contributed by atoms with Gasteiger partial charge >= 0.3 is 0 Å². The van der Waals surface area contributed by atoms with Crippen LogP contribution in [-0.2, 0) is 0 Å². The second-order valence-corrected chi connectivity index (χ2v) is 4.26. The number of aliphatic hydroxyl groups is 1. The van der Waals surface area contributed by atoms with Gasteiger partial charge in [0.1, 0.15) is 23.4 Å². The van der Waals surface area contributed by atoms with Crippen LogP contribution in [0.25, 0.3) is 0 Å². The Morgan fingerprint density at radius 1 is 0.850 bits per heavy atom. The Kier molecular flexibility index (Phi) is 4.48. The number of hydrogen-bond acceptors (Lipinski definition) is 4. The van der Waals surface area contributed by atoms with Crippen LogP contribution in [-0.4, -0.2) is 26.4 Å². The molecule has 0 spiro atoms. The lowest BCUT2D eigenvalue weighted by atomic mass is 9.99. The minimum absolute atomic E-state index is 0.583. The van der Waals surface area contributed by atoms with Gasteiger partial charge in [-0.25, -0.2) is 0 Å². The third-order valence-corrected chi connectivity index (χ3v) is 3.15. The molecule has 4 heteroatoms. The third kappa shape index (κ3) is 2.70. The minimum atomic E-state index is -0.851. The minimum Gasteiger partial charge on any atom is -0.497 e. The number of benzene rings is 2. The lowest BCUT2D eigenvalue weighted by Gasteiger charge is -2.18. The van der Waals surface area contributed by atoms with E-state index in [4.69, 9.17) is 14.2 Å². The van der Waals surface area contributed by atoms with Crippen LogP contribution < -0.4 is 14.2 Å². The van der Waals surface area contributed by atoms with Gasteiger partial charge in [-0.05, 0) is 29.8 Å². The highest BCUT2D eigenvalue weighted by Gasteiger charge is 2.20. The zero-order valence-corrected chi connectivity index (χ0v) is 11.8. The molecule has 1 N–H and O–H groups in total. The monoisotopic (exact) mass is 274 g/mol. The van der Waals surface area contributed by atoms with Gasteiger partial charge in [0, 0.05) is 0 Å². The van der Waals surface area contributed by atoms with Crippen molar-refractivity contribution >= 4 is 0 Å². The Bertz CT molecular complexity index is 558. The third-order valence-electron chi connectivity index (χ3n) is 3.15. The van der Waals surface area contributed by atoms with Crippen molar-refractivity contribution in [2.45, 2.75) is 6.10 Å². The number of aliphatic hydroxyl groups excluding tert-OH is 1. The molecule has 2 aromatic rings. The molecule has 0 saturated heterocycles. The summed E-state index contributed by atoms with van der Waals surface area (Å²) in [6.45, 7) is 0. The average molecular weight is 274 g/mol. The van der Waals surface area contributed by atoms with E-state index < -0.39 is 6.10 Å². The van der Waals surface area contributed by atoms with Crippen LogP contribution in [0.3, 0.4) is 0 Å². The smallest absolute Gasteiger partial charge is 0.128 e. The lowest BCUT2D eigenvalue weighted by molar-refractivity contribution is 0.208. The average Bonchev–Trinajstić information content (AvgIpc) is 2.53. The molecule has 0 amide bonds. The Hall–Kier alpha value is -2.20. The Morgan fingerprint density at radius 2 is 1.45 bits per heavy atom. The highest BCUT2D eigenvalue weighted by atomic mass is 16.5. The summed E-state index contributed by atoms with van der Waals surface area (Å²) in [5.74, 6) is 1.86. The molecule has 0 fully saturated rings. The molecular weight excluding hydrogens is 256 g/mol. The van der Waals surface area contributed by atoms with Crippen molar-refractivity contribution in [1.29, 1.82) is 0 Å². The van der Waals surface area contributed by atoms with Crippen LogP contribution in [0, 0.1) is 0 Å². The first-order chi connectivity index (χ1) is 9.71. The van der Waals surface area contributed by atoms with Gasteiger partial charge in [-0.15, -0.1) is 0 Å². The molecular formula is C16H18O4. The van der Waals surface area contributed by atoms with Gasteiger partial charge < -0.3 is 19.3 Å². The SMILES string of the molecule is COc1cccc(C(O)c2c(OC)cccc2OC)c1. The summed E-state index contributed by atoms with van der Waals surface area (Å²) in [6.07, 6.45) is -0.851. The fourth-order valence-electron chi connectivity index (χ4n) is 2.13. The van der Waals surface area contributed by atoms with Gasteiger partial charge in [-0.3, -0.25) is 0 Å². The maximum atomic E-state index is 10.6. The van der Waals surface area contributed by atoms with Gasteiger partial charge in [-0.2, -0.15) is 0 Å². The molecule has 1 atom stereocenters. The van der Waals surface area contributed by atoms with Crippen molar-refractivity contribution in [2.24, 2.45) is 0 Å². The lowest BCUT2D eigenvalue weighted by Crippen LogP contribution is -2.05. The zero-order valence-electron chi connectivity index (χ0n) is 11.8. The standard InChI is InChI=1S/C16H18O4/c1-18-12-7-4-6-11(10-12)16(17)15-13(19-2)8-5-9-14(15)20-3/h4-10,16-17H,1-3H3. The fraction of sp³-hybridized carbons (Fsp3) is 0.250. The highest BCUT2D eigenvalue weighted by molar-refractivity contribution is 5.50. The normalized spacial score (nSPS) is 11.8. The highest BCUT2D eigenvalue weighted by Crippen LogP contribution is 2.37. The number of hydrogen-bond donors (Lipinski definition) is 1. The van der Waals surface area contributed by atoms with Gasteiger partial charge in [0.15, 0.2) is 0 Å². The van der Waals surface area contributed by atoms with Crippen LogP contribution in [0.4, 0.5) is 0 Å². The van der Waals surface area contributed by atoms with E-state index in [2.05, 4.69) is 0 Å². The summed E-state index contributed by atoms with van der Waals surface area (Å²) >= 11 is 0. The van der Waals surface area contributed by atoms with Crippen LogP contribution in [0.1, 0.15) is 17.2 Å². The second kappa shape index (κ2) is 6.30. The molecule has 0 aliphatic heterocycles. The summed E-state index contributed by atoms with van der Waals surface area (Å²) < 4.78 is 15.8. The van der Waals surface area contributed by atoms with Crippen LogP contribution in [0.15, 0.2) is 42.5 Å². The first kappa shape index (κ1) is 14.2. The van der Waals surface area contributed by atoms with E-state index in [0.29, 0.717) is 28.4 Å². The molecule has 2 rings (SSSR count). The van der Waals surface area contributed by atoms with E-state index in [1.165, 1.54) is 0 Å². The van der Waals surface area contributed by atoms with Gasteiger partial charge in [0.25, 0.3) is 0 Å². The molecule has 0 saturated carbocycles. The van der Waals surface area contributed by atoms with E-state index >= 15 is 0 Å². The molecule has 0 heterocycles.